The summed E-state index contributed by atoms with van der Waals surface area (Å²) in [5.41, 5.74) is 6.92. The van der Waals surface area contributed by atoms with E-state index in [0.717, 1.165) is 5.56 Å². The Morgan fingerprint density at radius 2 is 1.81 bits per heavy atom. The van der Waals surface area contributed by atoms with Crippen LogP contribution in [0, 0.1) is 0 Å². The normalized spacial score (nSPS) is 13.1. The van der Waals surface area contributed by atoms with Crippen molar-refractivity contribution in [2.75, 3.05) is 5.73 Å². The molecule has 3 N–H and O–H groups in total. The molecule has 0 aliphatic carbocycles. The van der Waals surface area contributed by atoms with Crippen molar-refractivity contribution >= 4 is 43.2 Å². The molecule has 0 aliphatic heterocycles. The first-order valence-corrected chi connectivity index (χ1v) is 8.78. The van der Waals surface area contributed by atoms with Crippen molar-refractivity contribution in [2.24, 2.45) is 0 Å². The number of anilines is 1. The second-order valence-electron chi connectivity index (χ2n) is 4.58. The molecule has 1 atom stereocenters. The highest BCUT2D eigenvalue weighted by Crippen LogP contribution is 2.24. The number of nitrogens with one attached hydrogen (secondary N) is 1. The lowest BCUT2D eigenvalue weighted by Crippen LogP contribution is -2.27. The van der Waals surface area contributed by atoms with Crippen molar-refractivity contribution in [1.29, 1.82) is 0 Å². The predicted molar refractivity (Wildman–Crippen MR) is 88.7 cm³/mol. The van der Waals surface area contributed by atoms with E-state index < -0.39 is 10.0 Å². The van der Waals surface area contributed by atoms with E-state index in [1.54, 1.807) is 37.3 Å². The summed E-state index contributed by atoms with van der Waals surface area (Å²) >= 11 is 9.06. The third kappa shape index (κ3) is 3.97. The molecular weight excluding hydrogens is 376 g/mol. The maximum absolute atomic E-state index is 12.3. The summed E-state index contributed by atoms with van der Waals surface area (Å²) in [6, 6.07) is 11.2. The van der Waals surface area contributed by atoms with Crippen molar-refractivity contribution < 1.29 is 8.42 Å². The number of nitrogens with two attached hydrogens (primary N) is 1. The maximum Gasteiger partial charge on any atom is 0.241 e. The molecule has 2 aromatic carbocycles. The van der Waals surface area contributed by atoms with Crippen LogP contribution in [0.15, 0.2) is 51.8 Å². The number of sulfonamides is 1. The van der Waals surface area contributed by atoms with Gasteiger partial charge >= 0.3 is 0 Å². The van der Waals surface area contributed by atoms with Crippen molar-refractivity contribution in [1.82, 2.24) is 4.72 Å². The van der Waals surface area contributed by atoms with Gasteiger partial charge in [-0.15, -0.1) is 0 Å². The van der Waals surface area contributed by atoms with Gasteiger partial charge in [-0.3, -0.25) is 0 Å². The lowest BCUT2D eigenvalue weighted by atomic mass is 10.1. The molecule has 112 valence electrons. The van der Waals surface area contributed by atoms with Gasteiger partial charge in [0.1, 0.15) is 0 Å². The topological polar surface area (TPSA) is 72.2 Å². The minimum absolute atomic E-state index is 0.129. The smallest absolute Gasteiger partial charge is 0.241 e. The molecule has 0 aromatic heterocycles. The van der Waals surface area contributed by atoms with E-state index in [4.69, 9.17) is 17.3 Å². The lowest BCUT2D eigenvalue weighted by molar-refractivity contribution is 0.567. The number of halogens is 2. The molecule has 0 saturated heterocycles. The van der Waals surface area contributed by atoms with E-state index in [2.05, 4.69) is 20.7 Å². The van der Waals surface area contributed by atoms with Gasteiger partial charge in [-0.1, -0.05) is 23.7 Å². The van der Waals surface area contributed by atoms with Crippen molar-refractivity contribution in [2.45, 2.75) is 17.9 Å². The van der Waals surface area contributed by atoms with Gasteiger partial charge in [-0.25, -0.2) is 13.1 Å². The van der Waals surface area contributed by atoms with Crippen LogP contribution in [0.1, 0.15) is 18.5 Å². The Morgan fingerprint density at radius 3 is 2.38 bits per heavy atom. The zero-order valence-corrected chi connectivity index (χ0v) is 14.3. The summed E-state index contributed by atoms with van der Waals surface area (Å²) in [6.45, 7) is 1.77. The van der Waals surface area contributed by atoms with Crippen LogP contribution in [0.3, 0.4) is 0 Å². The number of benzene rings is 2. The first-order valence-electron chi connectivity index (χ1n) is 6.12. The molecule has 0 saturated carbocycles. The molecule has 0 fully saturated rings. The fourth-order valence-electron chi connectivity index (χ4n) is 1.81. The molecule has 1 unspecified atom stereocenters. The van der Waals surface area contributed by atoms with Gasteiger partial charge in [0.15, 0.2) is 0 Å². The van der Waals surface area contributed by atoms with Gasteiger partial charge in [-0.2, -0.15) is 0 Å². The Labute approximate surface area is 137 Å². The molecule has 2 aromatic rings. The Balaban J connectivity index is 2.24. The van der Waals surface area contributed by atoms with Crippen LogP contribution in [-0.4, -0.2) is 8.42 Å². The van der Waals surface area contributed by atoms with Gasteiger partial charge in [0.05, 0.1) is 4.90 Å². The number of hydrogen-bond acceptors (Lipinski definition) is 3. The summed E-state index contributed by atoms with van der Waals surface area (Å²) in [5.74, 6) is 0. The first kappa shape index (κ1) is 16.3. The zero-order chi connectivity index (χ0) is 15.6. The predicted octanol–water partition coefficient (Wildman–Crippen LogP) is 3.72. The fraction of sp³-hybridized carbons (Fsp3) is 0.143. The van der Waals surface area contributed by atoms with E-state index in [9.17, 15) is 8.42 Å². The standard InChI is InChI=1S/C14H14BrClN2O2S/c1-9(10-2-4-11(16)5-3-10)18-21(19,20)12-6-7-13(15)14(17)8-12/h2-9,18H,17H2,1H3. The summed E-state index contributed by atoms with van der Waals surface area (Å²) in [4.78, 5) is 0.129. The Bertz CT molecular complexity index is 748. The molecule has 7 heteroatoms. The monoisotopic (exact) mass is 388 g/mol. The molecule has 4 nitrogen and oxygen atoms in total. The average molecular weight is 390 g/mol. The molecule has 0 spiro atoms. The van der Waals surface area contributed by atoms with Crippen LogP contribution < -0.4 is 10.5 Å². The van der Waals surface area contributed by atoms with Crippen molar-refractivity contribution in [3.63, 3.8) is 0 Å². The summed E-state index contributed by atoms with van der Waals surface area (Å²) in [7, 11) is -3.64. The number of rotatable bonds is 4. The van der Waals surface area contributed by atoms with Crippen molar-refractivity contribution in [3.05, 3.63) is 57.5 Å². The van der Waals surface area contributed by atoms with E-state index in [1.165, 1.54) is 12.1 Å². The molecule has 2 rings (SSSR count). The second kappa shape index (κ2) is 6.36. The number of hydrogen-bond donors (Lipinski definition) is 2. The van der Waals surface area contributed by atoms with Gasteiger partial charge in [0.25, 0.3) is 0 Å². The van der Waals surface area contributed by atoms with E-state index in [-0.39, 0.29) is 10.9 Å². The highest BCUT2D eigenvalue weighted by Gasteiger charge is 2.19. The zero-order valence-electron chi connectivity index (χ0n) is 11.2. The molecule has 0 bridgehead atoms. The van der Waals surface area contributed by atoms with Crippen molar-refractivity contribution in [3.8, 4) is 0 Å². The number of nitrogen functional groups attached to an aromatic ring is 1. The van der Waals surface area contributed by atoms with Gasteiger partial charge in [0.2, 0.25) is 10.0 Å². The van der Waals surface area contributed by atoms with Gasteiger partial charge in [-0.05, 0) is 58.7 Å². The maximum atomic E-state index is 12.3. The fourth-order valence-corrected chi connectivity index (χ4v) is 3.45. The van der Waals surface area contributed by atoms with Crippen LogP contribution in [0.4, 0.5) is 5.69 Å². The third-order valence-electron chi connectivity index (χ3n) is 2.98. The Morgan fingerprint density at radius 1 is 1.19 bits per heavy atom. The second-order valence-corrected chi connectivity index (χ2v) is 7.58. The van der Waals surface area contributed by atoms with Gasteiger partial charge < -0.3 is 5.73 Å². The van der Waals surface area contributed by atoms with Crippen LogP contribution in [0.2, 0.25) is 5.02 Å². The van der Waals surface area contributed by atoms with Crippen LogP contribution in [-0.2, 0) is 10.0 Å². The molecular formula is C14H14BrClN2O2S. The molecule has 21 heavy (non-hydrogen) atoms. The van der Waals surface area contributed by atoms with E-state index >= 15 is 0 Å². The Kier molecular flexibility index (Phi) is 4.93. The largest absolute Gasteiger partial charge is 0.398 e. The van der Waals surface area contributed by atoms with Crippen LogP contribution >= 0.6 is 27.5 Å². The molecule has 0 aliphatic rings. The SMILES string of the molecule is CC(NS(=O)(=O)c1ccc(Br)c(N)c1)c1ccc(Cl)cc1. The molecule has 0 amide bonds. The molecule has 0 radical (unpaired) electrons. The quantitative estimate of drug-likeness (QED) is 0.783. The van der Waals surface area contributed by atoms with E-state index in [1.807, 2.05) is 0 Å². The summed E-state index contributed by atoms with van der Waals surface area (Å²) in [5, 5.41) is 0.606. The van der Waals surface area contributed by atoms with Crippen LogP contribution in [0.25, 0.3) is 0 Å². The third-order valence-corrected chi connectivity index (χ3v) is 5.49. The minimum atomic E-state index is -3.64. The summed E-state index contributed by atoms with van der Waals surface area (Å²) in [6.07, 6.45) is 0. The minimum Gasteiger partial charge on any atom is -0.398 e. The van der Waals surface area contributed by atoms with Crippen LogP contribution in [0.5, 0.6) is 0 Å². The molecule has 0 heterocycles. The van der Waals surface area contributed by atoms with E-state index in [0.29, 0.717) is 15.2 Å². The van der Waals surface area contributed by atoms with Gasteiger partial charge in [0, 0.05) is 21.2 Å². The summed E-state index contributed by atoms with van der Waals surface area (Å²) < 4.78 is 27.9. The Hall–Kier alpha value is -1.08. The lowest BCUT2D eigenvalue weighted by Gasteiger charge is -2.15. The first-order chi connectivity index (χ1) is 9.79. The highest BCUT2D eigenvalue weighted by molar-refractivity contribution is 9.10. The average Bonchev–Trinajstić information content (AvgIpc) is 2.42. The highest BCUT2D eigenvalue weighted by atomic mass is 79.9.